The van der Waals surface area contributed by atoms with E-state index >= 15 is 0 Å². The molecule has 11 aromatic carbocycles. The van der Waals surface area contributed by atoms with Gasteiger partial charge in [-0.1, -0.05) is 249 Å². The monoisotopic (exact) mass is 966 g/mol. The minimum Gasteiger partial charge on any atom is -0.333 e. The third-order valence-corrected chi connectivity index (χ3v) is 17.4. The molecule has 2 heteroatoms. The van der Waals surface area contributed by atoms with Crippen molar-refractivity contribution in [3.8, 4) is 27.9 Å². The highest BCUT2D eigenvalue weighted by Crippen LogP contribution is 2.62. The average Bonchev–Trinajstić information content (AvgIpc) is 4.23. The zero-order valence-corrected chi connectivity index (χ0v) is 41.8. The lowest BCUT2D eigenvalue weighted by Crippen LogP contribution is -2.33. The molecule has 0 fully saturated rings. The summed E-state index contributed by atoms with van der Waals surface area (Å²) in [5.74, 6) is 0.102. The first kappa shape index (κ1) is 43.0. The number of benzene rings is 11. The summed E-state index contributed by atoms with van der Waals surface area (Å²) in [6.45, 7) is 0. The van der Waals surface area contributed by atoms with E-state index in [2.05, 4.69) is 301 Å². The van der Waals surface area contributed by atoms with Crippen LogP contribution < -0.4 is 4.90 Å². The van der Waals surface area contributed by atoms with Gasteiger partial charge in [0.2, 0.25) is 0 Å². The first-order chi connectivity index (χ1) is 37.7. The molecule has 2 nitrogen and oxygen atoms in total. The molecule has 76 heavy (non-hydrogen) atoms. The summed E-state index contributed by atoms with van der Waals surface area (Å²) >= 11 is 0. The van der Waals surface area contributed by atoms with Gasteiger partial charge < -0.3 is 9.47 Å². The number of hydrogen-bond acceptors (Lipinski definition) is 1. The minimum atomic E-state index is -0.504. The molecule has 356 valence electrons. The van der Waals surface area contributed by atoms with E-state index in [-0.39, 0.29) is 12.0 Å². The van der Waals surface area contributed by atoms with E-state index in [1.807, 2.05) is 0 Å². The Labute approximate surface area is 443 Å². The van der Waals surface area contributed by atoms with Gasteiger partial charge in [0.1, 0.15) is 0 Å². The van der Waals surface area contributed by atoms with Gasteiger partial charge in [-0.3, -0.25) is 0 Å². The van der Waals surface area contributed by atoms with Gasteiger partial charge in [0.05, 0.1) is 27.9 Å². The van der Waals surface area contributed by atoms with Crippen molar-refractivity contribution in [3.63, 3.8) is 0 Å². The molecule has 0 spiro atoms. The second-order valence-electron chi connectivity index (χ2n) is 21.0. The second-order valence-corrected chi connectivity index (χ2v) is 21.0. The van der Waals surface area contributed by atoms with Gasteiger partial charge >= 0.3 is 0 Å². The summed E-state index contributed by atoms with van der Waals surface area (Å²) in [6.07, 6.45) is 5.27. The van der Waals surface area contributed by atoms with E-state index in [9.17, 15) is 0 Å². The minimum absolute atomic E-state index is 0.0208. The molecule has 0 N–H and O–H groups in total. The smallest absolute Gasteiger partial charge is 0.0713 e. The van der Waals surface area contributed by atoms with Crippen LogP contribution in [0, 0.1) is 0 Å². The number of anilines is 2. The largest absolute Gasteiger partial charge is 0.333 e. The first-order valence-electron chi connectivity index (χ1n) is 26.7. The van der Waals surface area contributed by atoms with Crippen molar-refractivity contribution in [3.05, 3.63) is 347 Å². The molecule has 1 aromatic heterocycles. The molecule has 4 aliphatic rings. The lowest BCUT2D eigenvalue weighted by atomic mass is 9.65. The lowest BCUT2D eigenvalue weighted by molar-refractivity contribution is 0.707. The Kier molecular flexibility index (Phi) is 9.33. The molecule has 0 saturated heterocycles. The van der Waals surface area contributed by atoms with Crippen LogP contribution in [0.3, 0.4) is 0 Å². The first-order valence-corrected chi connectivity index (χ1v) is 26.7. The van der Waals surface area contributed by atoms with E-state index < -0.39 is 10.8 Å². The van der Waals surface area contributed by atoms with Gasteiger partial charge in [0.15, 0.2) is 0 Å². The summed E-state index contributed by atoms with van der Waals surface area (Å²) in [4.78, 5) is 2.65. The van der Waals surface area contributed by atoms with Crippen LogP contribution in [0.25, 0.3) is 55.3 Å². The Hall–Kier alpha value is -9.50. The van der Waals surface area contributed by atoms with E-state index in [4.69, 9.17) is 0 Å². The Balaban J connectivity index is 0.938. The van der Waals surface area contributed by atoms with Crippen molar-refractivity contribution >= 4 is 38.8 Å². The molecule has 16 rings (SSSR count). The molecule has 2 atom stereocenters. The van der Waals surface area contributed by atoms with Crippen LogP contribution in [0.2, 0.25) is 0 Å². The molecule has 2 heterocycles. The predicted molar refractivity (Wildman–Crippen MR) is 314 cm³/mol. The summed E-state index contributed by atoms with van der Waals surface area (Å²) in [6, 6.07) is 105. The van der Waals surface area contributed by atoms with Crippen molar-refractivity contribution in [1.29, 1.82) is 0 Å². The molecule has 3 aliphatic carbocycles. The molecule has 1 aliphatic heterocycles. The number of rotatable bonds is 7. The fourth-order valence-electron chi connectivity index (χ4n) is 14.5. The Morgan fingerprint density at radius 2 is 0.855 bits per heavy atom. The van der Waals surface area contributed by atoms with Crippen LogP contribution in [0.4, 0.5) is 11.4 Å². The zero-order valence-electron chi connectivity index (χ0n) is 41.8. The maximum atomic E-state index is 2.65. The summed E-state index contributed by atoms with van der Waals surface area (Å²) in [5, 5.41) is 2.48. The van der Waals surface area contributed by atoms with E-state index in [1.54, 1.807) is 0 Å². The van der Waals surface area contributed by atoms with Crippen molar-refractivity contribution < 1.29 is 0 Å². The van der Waals surface area contributed by atoms with Gasteiger partial charge in [0, 0.05) is 33.8 Å². The Morgan fingerprint density at radius 1 is 0.329 bits per heavy atom. The number of hydrogen-bond donors (Lipinski definition) is 0. The van der Waals surface area contributed by atoms with Crippen LogP contribution in [-0.2, 0) is 10.8 Å². The molecule has 12 aromatic rings. The highest BCUT2D eigenvalue weighted by atomic mass is 15.2. The predicted octanol–water partition coefficient (Wildman–Crippen LogP) is 17.8. The fourth-order valence-corrected chi connectivity index (χ4v) is 14.5. The molecule has 0 radical (unpaired) electrons. The number of aromatic nitrogens is 1. The highest BCUT2D eigenvalue weighted by Gasteiger charge is 2.52. The van der Waals surface area contributed by atoms with Crippen molar-refractivity contribution in [1.82, 2.24) is 4.57 Å². The number of fused-ring (bicyclic) bond motifs is 12. The molecular formula is C74H50N2. The average molecular weight is 967 g/mol. The molecule has 0 amide bonds. The van der Waals surface area contributed by atoms with Gasteiger partial charge in [-0.2, -0.15) is 0 Å². The van der Waals surface area contributed by atoms with Crippen molar-refractivity contribution in [2.24, 2.45) is 0 Å². The second kappa shape index (κ2) is 16.5. The van der Waals surface area contributed by atoms with Crippen LogP contribution >= 0.6 is 0 Å². The van der Waals surface area contributed by atoms with E-state index in [1.165, 1.54) is 117 Å². The van der Waals surface area contributed by atoms with Crippen molar-refractivity contribution in [2.75, 3.05) is 4.90 Å². The maximum absolute atomic E-state index is 2.65. The maximum Gasteiger partial charge on any atom is 0.0713 e. The normalized spacial score (nSPS) is 17.0. The highest BCUT2D eigenvalue weighted by molar-refractivity contribution is 6.12. The molecule has 2 unspecified atom stereocenters. The Bertz CT molecular complexity index is 4260. The van der Waals surface area contributed by atoms with Gasteiger partial charge in [-0.15, -0.1) is 0 Å². The topological polar surface area (TPSA) is 8.17 Å². The van der Waals surface area contributed by atoms with Crippen molar-refractivity contribution in [2.45, 2.75) is 22.8 Å². The third kappa shape index (κ3) is 5.87. The summed E-state index contributed by atoms with van der Waals surface area (Å²) in [5.41, 5.74) is 24.3. The standard InChI is InChI=1S/C74H50N2/c1-6-24-49(25-7-1)50-42-55(75-69-40-22-18-36-59(69)63-45-67-61(47-71(63)75)57-34-16-20-38-65(57)73(67,51-26-8-2-9-27-51)52-28-10-3-11-29-52)44-56(43-50)76-70-41-23-19-37-60(70)64-46-68-62(48-72(64)76)58-35-17-21-39-66(58)74(68,53-30-12-4-13-31-53)54-32-14-5-15-33-54/h1-48,63,71H. The number of allylic oxidation sites excluding steroid dienone is 2. The van der Waals surface area contributed by atoms with Gasteiger partial charge in [-0.25, -0.2) is 0 Å². The molecule has 0 bridgehead atoms. The fraction of sp³-hybridized carbons (Fsp3) is 0.0541. The third-order valence-electron chi connectivity index (χ3n) is 17.4. The van der Waals surface area contributed by atoms with Crippen LogP contribution in [0.5, 0.6) is 0 Å². The molecule has 0 saturated carbocycles. The van der Waals surface area contributed by atoms with E-state index in [0.717, 1.165) is 5.69 Å². The van der Waals surface area contributed by atoms with E-state index in [0.29, 0.717) is 0 Å². The van der Waals surface area contributed by atoms with Crippen LogP contribution in [0.15, 0.2) is 297 Å². The molecular weight excluding hydrogens is 917 g/mol. The quantitative estimate of drug-likeness (QED) is 0.155. The zero-order chi connectivity index (χ0) is 50.0. The number of para-hydroxylation sites is 2. The van der Waals surface area contributed by atoms with Gasteiger partial charge in [-0.05, 0) is 126 Å². The van der Waals surface area contributed by atoms with Gasteiger partial charge in [0.25, 0.3) is 0 Å². The summed E-state index contributed by atoms with van der Waals surface area (Å²) < 4.78 is 2.55. The lowest BCUT2D eigenvalue weighted by Gasteiger charge is -2.37. The SMILES string of the molecule is C1=C2C(=CC3c4ccccc4N(c4cc(-c5ccccc5)cc(-n5c6ccccc6c6cc7c(cc65)-c5ccccc5C7(c5ccccc5)c5ccccc5)c4)C13)C(c1ccccc1)(c1ccccc1)c1ccccc12. The van der Waals surface area contributed by atoms with Crippen LogP contribution in [-0.4, -0.2) is 10.6 Å². The number of nitrogens with zero attached hydrogens (tertiary/aromatic N) is 2. The van der Waals surface area contributed by atoms with Crippen LogP contribution in [0.1, 0.15) is 56.0 Å². The Morgan fingerprint density at radius 3 is 1.53 bits per heavy atom. The summed E-state index contributed by atoms with van der Waals surface area (Å²) in [7, 11) is 0.